The van der Waals surface area contributed by atoms with Crippen LogP contribution in [0.1, 0.15) is 12.0 Å². The molecular weight excluding hydrogens is 336 g/mol. The first-order chi connectivity index (χ1) is 13.2. The summed E-state index contributed by atoms with van der Waals surface area (Å²) in [5, 5.41) is 4.43. The van der Waals surface area contributed by atoms with Crippen LogP contribution in [-0.2, 0) is 6.54 Å². The number of rotatable bonds is 5. The molecule has 0 saturated carbocycles. The second-order valence-corrected chi connectivity index (χ2v) is 7.07. The average Bonchev–Trinajstić information content (AvgIpc) is 3.20. The van der Waals surface area contributed by atoms with Crippen LogP contribution in [0.3, 0.4) is 0 Å². The minimum absolute atomic E-state index is 0.0773. The van der Waals surface area contributed by atoms with Crippen molar-refractivity contribution in [3.63, 3.8) is 0 Å². The minimum atomic E-state index is -0.0773. The lowest BCUT2D eigenvalue weighted by molar-refractivity contribution is 0.601. The van der Waals surface area contributed by atoms with E-state index in [2.05, 4.69) is 34.3 Å². The zero-order chi connectivity index (χ0) is 18.6. The maximum Gasteiger partial charge on any atom is 0.269 e. The predicted molar refractivity (Wildman–Crippen MR) is 109 cm³/mol. The number of benzene rings is 2. The summed E-state index contributed by atoms with van der Waals surface area (Å²) >= 11 is 0. The second-order valence-electron chi connectivity index (χ2n) is 7.07. The summed E-state index contributed by atoms with van der Waals surface area (Å²) in [5.74, 6) is 0.505. The standard InChI is InChI=1S/C22H24N4O/c23-13-17-10-11-25(15-17)20-12-22(27)26(24-14-20)16-19-8-4-5-9-21(19)18-6-2-1-3-7-18/h1-9,12,14,17H,10-11,13,15-16,23H2/t17-/m0/s1. The smallest absolute Gasteiger partial charge is 0.269 e. The van der Waals surface area contributed by atoms with E-state index in [1.165, 1.54) is 4.68 Å². The van der Waals surface area contributed by atoms with Crippen molar-refractivity contribution in [3.8, 4) is 11.1 Å². The van der Waals surface area contributed by atoms with E-state index < -0.39 is 0 Å². The van der Waals surface area contributed by atoms with E-state index >= 15 is 0 Å². The molecule has 0 radical (unpaired) electrons. The molecule has 1 aliphatic heterocycles. The van der Waals surface area contributed by atoms with E-state index in [0.29, 0.717) is 19.0 Å². The van der Waals surface area contributed by atoms with Crippen molar-refractivity contribution >= 4 is 5.69 Å². The minimum Gasteiger partial charge on any atom is -0.370 e. The largest absolute Gasteiger partial charge is 0.370 e. The molecule has 1 aliphatic rings. The van der Waals surface area contributed by atoms with Crippen LogP contribution in [0.5, 0.6) is 0 Å². The van der Waals surface area contributed by atoms with Crippen LogP contribution in [0.25, 0.3) is 11.1 Å². The van der Waals surface area contributed by atoms with E-state index in [1.54, 1.807) is 12.3 Å². The summed E-state index contributed by atoms with van der Waals surface area (Å²) < 4.78 is 1.53. The highest BCUT2D eigenvalue weighted by Crippen LogP contribution is 2.24. The van der Waals surface area contributed by atoms with Gasteiger partial charge < -0.3 is 10.6 Å². The Hall–Kier alpha value is -2.92. The molecule has 2 heterocycles. The van der Waals surface area contributed by atoms with Gasteiger partial charge in [0.15, 0.2) is 0 Å². The topological polar surface area (TPSA) is 64.2 Å². The summed E-state index contributed by atoms with van der Waals surface area (Å²) in [6.45, 7) is 2.98. The van der Waals surface area contributed by atoms with Crippen molar-refractivity contribution in [1.29, 1.82) is 0 Å². The summed E-state index contributed by atoms with van der Waals surface area (Å²) in [6.07, 6.45) is 2.87. The molecule has 4 rings (SSSR count). The van der Waals surface area contributed by atoms with Crippen molar-refractivity contribution in [2.24, 2.45) is 11.7 Å². The monoisotopic (exact) mass is 360 g/mol. The molecule has 27 heavy (non-hydrogen) atoms. The number of nitrogens with zero attached hydrogens (tertiary/aromatic N) is 3. The molecule has 1 fully saturated rings. The molecule has 2 aromatic carbocycles. The molecule has 0 bridgehead atoms. The van der Waals surface area contributed by atoms with Crippen molar-refractivity contribution in [3.05, 3.63) is 82.8 Å². The van der Waals surface area contributed by atoms with Gasteiger partial charge in [-0.05, 0) is 35.6 Å². The zero-order valence-electron chi connectivity index (χ0n) is 15.3. The van der Waals surface area contributed by atoms with Crippen LogP contribution in [-0.4, -0.2) is 29.4 Å². The Bertz CT molecular complexity index is 967. The van der Waals surface area contributed by atoms with Crippen LogP contribution >= 0.6 is 0 Å². The number of nitrogens with two attached hydrogens (primary N) is 1. The molecule has 0 unspecified atom stereocenters. The molecule has 138 valence electrons. The van der Waals surface area contributed by atoms with Gasteiger partial charge in [0.05, 0.1) is 18.4 Å². The molecule has 1 atom stereocenters. The molecule has 2 N–H and O–H groups in total. The van der Waals surface area contributed by atoms with Gasteiger partial charge in [0.25, 0.3) is 5.56 Å². The van der Waals surface area contributed by atoms with Crippen LogP contribution in [0, 0.1) is 5.92 Å². The highest BCUT2D eigenvalue weighted by molar-refractivity contribution is 5.67. The SMILES string of the molecule is NC[C@@H]1CCN(c2cnn(Cc3ccccc3-c3ccccc3)c(=O)c2)C1. The van der Waals surface area contributed by atoms with Gasteiger partial charge in [0.2, 0.25) is 0 Å². The quantitative estimate of drug-likeness (QED) is 0.760. The Labute approximate surface area is 159 Å². The maximum atomic E-state index is 12.6. The Morgan fingerprint density at radius 2 is 1.85 bits per heavy atom. The van der Waals surface area contributed by atoms with E-state index in [-0.39, 0.29) is 5.56 Å². The van der Waals surface area contributed by atoms with Gasteiger partial charge in [0, 0.05) is 19.2 Å². The fourth-order valence-corrected chi connectivity index (χ4v) is 3.69. The number of hydrogen-bond donors (Lipinski definition) is 1. The molecular formula is C22H24N4O. The Balaban J connectivity index is 1.59. The average molecular weight is 360 g/mol. The molecule has 0 aliphatic carbocycles. The second kappa shape index (κ2) is 7.76. The number of aromatic nitrogens is 2. The van der Waals surface area contributed by atoms with Gasteiger partial charge in [-0.25, -0.2) is 4.68 Å². The Morgan fingerprint density at radius 1 is 1.07 bits per heavy atom. The van der Waals surface area contributed by atoms with Crippen molar-refractivity contribution < 1.29 is 0 Å². The van der Waals surface area contributed by atoms with Crippen molar-refractivity contribution in [2.45, 2.75) is 13.0 Å². The normalized spacial score (nSPS) is 16.6. The van der Waals surface area contributed by atoms with Crippen LogP contribution < -0.4 is 16.2 Å². The first kappa shape index (κ1) is 17.5. The third kappa shape index (κ3) is 3.78. The Morgan fingerprint density at radius 3 is 2.59 bits per heavy atom. The maximum absolute atomic E-state index is 12.6. The van der Waals surface area contributed by atoms with Gasteiger partial charge in [-0.2, -0.15) is 5.10 Å². The number of hydrogen-bond acceptors (Lipinski definition) is 4. The molecule has 3 aromatic rings. The zero-order valence-corrected chi connectivity index (χ0v) is 15.3. The lowest BCUT2D eigenvalue weighted by Gasteiger charge is -2.18. The molecule has 1 aromatic heterocycles. The molecule has 1 saturated heterocycles. The predicted octanol–water partition coefficient (Wildman–Crippen LogP) is 2.74. The first-order valence-corrected chi connectivity index (χ1v) is 9.40. The van der Waals surface area contributed by atoms with Crippen molar-refractivity contribution in [2.75, 3.05) is 24.5 Å². The summed E-state index contributed by atoms with van der Waals surface area (Å²) in [5.41, 5.74) is 9.93. The molecule has 0 amide bonds. The lowest BCUT2D eigenvalue weighted by Crippen LogP contribution is -2.28. The van der Waals surface area contributed by atoms with E-state index in [4.69, 9.17) is 5.73 Å². The third-order valence-electron chi connectivity index (χ3n) is 5.26. The number of anilines is 1. The van der Waals surface area contributed by atoms with E-state index in [1.807, 2.05) is 30.3 Å². The van der Waals surface area contributed by atoms with E-state index in [0.717, 1.165) is 41.9 Å². The molecule has 0 spiro atoms. The third-order valence-corrected chi connectivity index (χ3v) is 5.26. The summed E-state index contributed by atoms with van der Waals surface area (Å²) in [6, 6.07) is 20.1. The van der Waals surface area contributed by atoms with Crippen LogP contribution in [0.2, 0.25) is 0 Å². The molecule has 5 heteroatoms. The fourth-order valence-electron chi connectivity index (χ4n) is 3.69. The van der Waals surface area contributed by atoms with Gasteiger partial charge in [-0.3, -0.25) is 4.79 Å². The van der Waals surface area contributed by atoms with Crippen molar-refractivity contribution in [1.82, 2.24) is 9.78 Å². The first-order valence-electron chi connectivity index (χ1n) is 9.40. The highest BCUT2D eigenvalue weighted by atomic mass is 16.1. The lowest BCUT2D eigenvalue weighted by atomic mass is 10.00. The van der Waals surface area contributed by atoms with Gasteiger partial charge in [-0.15, -0.1) is 0 Å². The fraction of sp³-hybridized carbons (Fsp3) is 0.273. The van der Waals surface area contributed by atoms with Crippen LogP contribution in [0.4, 0.5) is 5.69 Å². The summed E-state index contributed by atoms with van der Waals surface area (Å²) in [4.78, 5) is 14.9. The van der Waals surface area contributed by atoms with Gasteiger partial charge in [-0.1, -0.05) is 54.6 Å². The van der Waals surface area contributed by atoms with E-state index in [9.17, 15) is 4.79 Å². The Kier molecular flexibility index (Phi) is 5.03. The highest BCUT2D eigenvalue weighted by Gasteiger charge is 2.22. The molecule has 5 nitrogen and oxygen atoms in total. The summed E-state index contributed by atoms with van der Waals surface area (Å²) in [7, 11) is 0. The van der Waals surface area contributed by atoms with Gasteiger partial charge >= 0.3 is 0 Å². The van der Waals surface area contributed by atoms with Gasteiger partial charge in [0.1, 0.15) is 0 Å². The van der Waals surface area contributed by atoms with Crippen LogP contribution in [0.15, 0.2) is 71.7 Å².